The molecule has 0 fully saturated rings. The Bertz CT molecular complexity index is 389. The first-order valence-corrected chi connectivity index (χ1v) is 5.68. The minimum Gasteiger partial charge on any atom is -0.462 e. The second-order valence-corrected chi connectivity index (χ2v) is 4.37. The van der Waals surface area contributed by atoms with Gasteiger partial charge in [0.2, 0.25) is 0 Å². The van der Waals surface area contributed by atoms with E-state index in [1.54, 1.807) is 12.1 Å². The van der Waals surface area contributed by atoms with Crippen LogP contribution in [-0.4, -0.2) is 38.1 Å². The Morgan fingerprint density at radius 2 is 2.12 bits per heavy atom. The second-order valence-electron chi connectivity index (χ2n) is 4.37. The quantitative estimate of drug-likeness (QED) is 0.480. The number of benzene rings is 1. The zero-order valence-electron chi connectivity index (χ0n) is 10.7. The van der Waals surface area contributed by atoms with Crippen molar-refractivity contribution in [3.63, 3.8) is 0 Å². The Morgan fingerprint density at radius 1 is 1.41 bits per heavy atom. The summed E-state index contributed by atoms with van der Waals surface area (Å²) in [4.78, 5) is 13.8. The lowest BCUT2D eigenvalue weighted by atomic mass is 10.1. The number of hydrogen-bond acceptors (Lipinski definition) is 4. The van der Waals surface area contributed by atoms with Crippen molar-refractivity contribution in [1.29, 1.82) is 0 Å². The third-order valence-corrected chi connectivity index (χ3v) is 2.46. The van der Waals surface area contributed by atoms with Crippen LogP contribution in [0.2, 0.25) is 0 Å². The summed E-state index contributed by atoms with van der Waals surface area (Å²) >= 11 is 0. The molecule has 0 saturated carbocycles. The van der Waals surface area contributed by atoms with Gasteiger partial charge in [0, 0.05) is 12.2 Å². The number of nitrogens with two attached hydrogens (primary N) is 1. The van der Waals surface area contributed by atoms with E-state index in [1.807, 2.05) is 27.1 Å². The lowest BCUT2D eigenvalue weighted by Gasteiger charge is -2.10. The monoisotopic (exact) mass is 236 g/mol. The molecule has 1 aromatic rings. The van der Waals surface area contributed by atoms with Crippen molar-refractivity contribution in [3.8, 4) is 0 Å². The number of carbonyl (C=O) groups excluding carboxylic acids is 1. The summed E-state index contributed by atoms with van der Waals surface area (Å²) in [5, 5.41) is 0. The highest BCUT2D eigenvalue weighted by Crippen LogP contribution is 2.13. The van der Waals surface area contributed by atoms with Crippen molar-refractivity contribution in [2.75, 3.05) is 33.0 Å². The standard InChI is InChI=1S/C13H20N2O2/c1-10-5-6-11(14)9-12(10)13(16)17-8-4-7-15(2)3/h5-6,9H,4,7-8,14H2,1-3H3. The Morgan fingerprint density at radius 3 is 2.76 bits per heavy atom. The molecule has 1 rings (SSSR count). The molecule has 17 heavy (non-hydrogen) atoms. The average molecular weight is 236 g/mol. The van der Waals surface area contributed by atoms with Crippen LogP contribution in [-0.2, 0) is 4.74 Å². The summed E-state index contributed by atoms with van der Waals surface area (Å²) in [6, 6.07) is 5.26. The first kappa shape index (κ1) is 13.5. The lowest BCUT2D eigenvalue weighted by molar-refractivity contribution is 0.0492. The van der Waals surface area contributed by atoms with E-state index in [0.29, 0.717) is 17.9 Å². The SMILES string of the molecule is Cc1ccc(N)cc1C(=O)OCCCN(C)C. The minimum atomic E-state index is -0.298. The van der Waals surface area contributed by atoms with Gasteiger partial charge in [0.15, 0.2) is 0 Å². The third kappa shape index (κ3) is 4.44. The molecule has 0 aliphatic heterocycles. The van der Waals surface area contributed by atoms with Crippen molar-refractivity contribution in [3.05, 3.63) is 29.3 Å². The van der Waals surface area contributed by atoms with Crippen LogP contribution in [0, 0.1) is 6.92 Å². The van der Waals surface area contributed by atoms with E-state index in [-0.39, 0.29) is 5.97 Å². The maximum atomic E-state index is 11.8. The Balaban J connectivity index is 2.49. The smallest absolute Gasteiger partial charge is 0.338 e. The zero-order valence-corrected chi connectivity index (χ0v) is 10.7. The Kier molecular flexibility index (Phi) is 4.97. The molecule has 0 aromatic heterocycles. The highest BCUT2D eigenvalue weighted by molar-refractivity contribution is 5.92. The minimum absolute atomic E-state index is 0.298. The molecule has 4 nitrogen and oxygen atoms in total. The molecule has 94 valence electrons. The number of carbonyl (C=O) groups is 1. The van der Waals surface area contributed by atoms with Crippen molar-refractivity contribution in [1.82, 2.24) is 4.90 Å². The average Bonchev–Trinajstić information content (AvgIpc) is 2.27. The fraction of sp³-hybridized carbons (Fsp3) is 0.462. The highest BCUT2D eigenvalue weighted by Gasteiger charge is 2.10. The number of nitrogen functional groups attached to an aromatic ring is 1. The molecule has 1 aromatic carbocycles. The zero-order chi connectivity index (χ0) is 12.8. The van der Waals surface area contributed by atoms with Gasteiger partial charge in [-0.2, -0.15) is 0 Å². The number of esters is 1. The van der Waals surface area contributed by atoms with Crippen LogP contribution in [0.1, 0.15) is 22.3 Å². The van der Waals surface area contributed by atoms with Crippen LogP contribution < -0.4 is 5.73 Å². The fourth-order valence-electron chi connectivity index (χ4n) is 1.48. The molecule has 0 radical (unpaired) electrons. The molecule has 0 saturated heterocycles. The normalized spacial score (nSPS) is 10.6. The number of aryl methyl sites for hydroxylation is 1. The van der Waals surface area contributed by atoms with Crippen LogP contribution in [0.5, 0.6) is 0 Å². The number of hydrogen-bond donors (Lipinski definition) is 1. The predicted octanol–water partition coefficient (Wildman–Crippen LogP) is 1.69. The van der Waals surface area contributed by atoms with Gasteiger partial charge < -0.3 is 15.4 Å². The number of anilines is 1. The molecule has 0 bridgehead atoms. The summed E-state index contributed by atoms with van der Waals surface area (Å²) in [5.74, 6) is -0.298. The van der Waals surface area contributed by atoms with E-state index in [1.165, 1.54) is 0 Å². The van der Waals surface area contributed by atoms with E-state index in [2.05, 4.69) is 4.90 Å². The largest absolute Gasteiger partial charge is 0.462 e. The predicted molar refractivity (Wildman–Crippen MR) is 69.0 cm³/mol. The summed E-state index contributed by atoms with van der Waals surface area (Å²) in [6.45, 7) is 3.21. The summed E-state index contributed by atoms with van der Waals surface area (Å²) in [6.07, 6.45) is 0.833. The van der Waals surface area contributed by atoms with Crippen molar-refractivity contribution in [2.45, 2.75) is 13.3 Å². The fourth-order valence-corrected chi connectivity index (χ4v) is 1.48. The first-order chi connectivity index (χ1) is 8.00. The van der Waals surface area contributed by atoms with Crippen LogP contribution in [0.4, 0.5) is 5.69 Å². The number of nitrogens with zero attached hydrogens (tertiary/aromatic N) is 1. The summed E-state index contributed by atoms with van der Waals surface area (Å²) in [7, 11) is 3.98. The second kappa shape index (κ2) is 6.25. The van der Waals surface area contributed by atoms with Gasteiger partial charge in [-0.1, -0.05) is 6.07 Å². The molecular weight excluding hydrogens is 216 g/mol. The van der Waals surface area contributed by atoms with E-state index >= 15 is 0 Å². The van der Waals surface area contributed by atoms with E-state index in [0.717, 1.165) is 18.5 Å². The Hall–Kier alpha value is -1.55. The maximum absolute atomic E-state index is 11.8. The van der Waals surface area contributed by atoms with Gasteiger partial charge in [-0.15, -0.1) is 0 Å². The van der Waals surface area contributed by atoms with Gasteiger partial charge in [-0.25, -0.2) is 4.79 Å². The van der Waals surface area contributed by atoms with Crippen LogP contribution in [0.25, 0.3) is 0 Å². The van der Waals surface area contributed by atoms with Crippen LogP contribution in [0.15, 0.2) is 18.2 Å². The van der Waals surface area contributed by atoms with Gasteiger partial charge >= 0.3 is 5.97 Å². The van der Waals surface area contributed by atoms with Gasteiger partial charge in [0.25, 0.3) is 0 Å². The molecule has 4 heteroatoms. The van der Waals surface area contributed by atoms with E-state index < -0.39 is 0 Å². The maximum Gasteiger partial charge on any atom is 0.338 e. The molecule has 0 heterocycles. The molecule has 0 aliphatic carbocycles. The lowest BCUT2D eigenvalue weighted by Crippen LogP contribution is -2.16. The molecule has 0 unspecified atom stereocenters. The molecular formula is C13H20N2O2. The summed E-state index contributed by atoms with van der Waals surface area (Å²) in [5.41, 5.74) is 7.66. The van der Waals surface area contributed by atoms with Crippen molar-refractivity contribution >= 4 is 11.7 Å². The van der Waals surface area contributed by atoms with Gasteiger partial charge in [0.1, 0.15) is 0 Å². The van der Waals surface area contributed by atoms with Crippen molar-refractivity contribution in [2.24, 2.45) is 0 Å². The highest BCUT2D eigenvalue weighted by atomic mass is 16.5. The molecule has 0 spiro atoms. The Labute approximate surface area is 102 Å². The van der Waals surface area contributed by atoms with Gasteiger partial charge in [0.05, 0.1) is 12.2 Å². The topological polar surface area (TPSA) is 55.6 Å². The van der Waals surface area contributed by atoms with Crippen molar-refractivity contribution < 1.29 is 9.53 Å². The van der Waals surface area contributed by atoms with E-state index in [4.69, 9.17) is 10.5 Å². The van der Waals surface area contributed by atoms with Gasteiger partial charge in [-0.3, -0.25) is 0 Å². The van der Waals surface area contributed by atoms with Crippen LogP contribution in [0.3, 0.4) is 0 Å². The van der Waals surface area contributed by atoms with Crippen LogP contribution >= 0.6 is 0 Å². The number of rotatable bonds is 5. The molecule has 0 aliphatic rings. The molecule has 2 N–H and O–H groups in total. The van der Waals surface area contributed by atoms with Gasteiger partial charge in [-0.05, 0) is 45.1 Å². The first-order valence-electron chi connectivity index (χ1n) is 5.68. The third-order valence-electron chi connectivity index (χ3n) is 2.46. The van der Waals surface area contributed by atoms with E-state index in [9.17, 15) is 4.79 Å². The summed E-state index contributed by atoms with van der Waals surface area (Å²) < 4.78 is 5.19. The number of ether oxygens (including phenoxy) is 1. The molecule has 0 amide bonds. The molecule has 0 atom stereocenters.